The Balaban J connectivity index is 1.41. The van der Waals surface area contributed by atoms with E-state index in [2.05, 4.69) is 16.8 Å². The molecule has 0 spiro atoms. The molecule has 0 aliphatic carbocycles. The lowest BCUT2D eigenvalue weighted by atomic mass is 10.2. The molecule has 1 amide bonds. The lowest BCUT2D eigenvalue weighted by molar-refractivity contribution is -0.132. The van der Waals surface area contributed by atoms with E-state index in [9.17, 15) is 4.79 Å². The molecule has 5 nitrogen and oxygen atoms in total. The predicted molar refractivity (Wildman–Crippen MR) is 112 cm³/mol. The van der Waals surface area contributed by atoms with Gasteiger partial charge in [-0.3, -0.25) is 9.69 Å². The molecule has 3 heterocycles. The normalized spacial score (nSPS) is 22.6. The summed E-state index contributed by atoms with van der Waals surface area (Å²) in [7, 11) is 0. The van der Waals surface area contributed by atoms with Gasteiger partial charge in [-0.05, 0) is 31.4 Å². The van der Waals surface area contributed by atoms with E-state index in [1.807, 2.05) is 34.7 Å². The van der Waals surface area contributed by atoms with Gasteiger partial charge in [0.25, 0.3) is 0 Å². The van der Waals surface area contributed by atoms with Crippen molar-refractivity contribution in [3.63, 3.8) is 0 Å². The number of ether oxygens (including phenoxy) is 1. The van der Waals surface area contributed by atoms with Crippen LogP contribution in [-0.4, -0.2) is 46.4 Å². The van der Waals surface area contributed by atoms with Crippen molar-refractivity contribution in [1.29, 1.82) is 0 Å². The van der Waals surface area contributed by atoms with E-state index in [4.69, 9.17) is 16.3 Å². The second kappa shape index (κ2) is 8.80. The smallest absolute Gasteiger partial charge is 0.224 e. The third kappa shape index (κ3) is 4.34. The Labute approximate surface area is 175 Å². The van der Waals surface area contributed by atoms with Gasteiger partial charge in [0.15, 0.2) is 0 Å². The van der Waals surface area contributed by atoms with Crippen LogP contribution in [0.1, 0.15) is 49.2 Å². The van der Waals surface area contributed by atoms with Crippen molar-refractivity contribution in [2.24, 2.45) is 0 Å². The van der Waals surface area contributed by atoms with Crippen LogP contribution in [0, 0.1) is 0 Å². The fourth-order valence-electron chi connectivity index (χ4n) is 4.08. The molecule has 2 aliphatic heterocycles. The zero-order valence-corrected chi connectivity index (χ0v) is 17.7. The summed E-state index contributed by atoms with van der Waals surface area (Å²) in [6.45, 7) is 5.32. The number of halogens is 1. The highest BCUT2D eigenvalue weighted by Gasteiger charge is 2.32. The molecular formula is C21H26ClN3O2S. The summed E-state index contributed by atoms with van der Waals surface area (Å²) in [6, 6.07) is 5.99. The number of hydrogen-bond acceptors (Lipinski definition) is 5. The minimum Gasteiger partial charge on any atom is -0.489 e. The first kappa shape index (κ1) is 19.7. The molecular weight excluding hydrogens is 394 g/mol. The van der Waals surface area contributed by atoms with Gasteiger partial charge in [-0.1, -0.05) is 24.6 Å². The molecule has 28 heavy (non-hydrogen) atoms. The maximum absolute atomic E-state index is 12.9. The number of benzene rings is 1. The molecule has 2 aromatic rings. The highest BCUT2D eigenvalue weighted by Crippen LogP contribution is 2.34. The Morgan fingerprint density at radius 2 is 2.32 bits per heavy atom. The van der Waals surface area contributed by atoms with E-state index >= 15 is 0 Å². The fourth-order valence-corrected chi connectivity index (χ4v) is 5.03. The molecule has 1 fully saturated rings. The van der Waals surface area contributed by atoms with Crippen LogP contribution in [0.4, 0.5) is 0 Å². The number of amides is 1. The third-order valence-corrected chi connectivity index (χ3v) is 6.70. The number of aromatic nitrogens is 1. The average Bonchev–Trinajstić information content (AvgIpc) is 3.35. The van der Waals surface area contributed by atoms with Gasteiger partial charge in [-0.2, -0.15) is 0 Å². The van der Waals surface area contributed by atoms with Crippen LogP contribution in [0.3, 0.4) is 0 Å². The Morgan fingerprint density at radius 1 is 1.43 bits per heavy atom. The summed E-state index contributed by atoms with van der Waals surface area (Å²) in [5.74, 6) is 1.10. The third-order valence-electron chi connectivity index (χ3n) is 5.59. The van der Waals surface area contributed by atoms with Crippen molar-refractivity contribution >= 4 is 28.8 Å². The van der Waals surface area contributed by atoms with Gasteiger partial charge in [0.05, 0.1) is 6.04 Å². The van der Waals surface area contributed by atoms with E-state index in [-0.39, 0.29) is 18.1 Å². The van der Waals surface area contributed by atoms with Crippen molar-refractivity contribution in [3.8, 4) is 5.75 Å². The maximum Gasteiger partial charge on any atom is 0.224 e. The van der Waals surface area contributed by atoms with Crippen LogP contribution in [0.15, 0.2) is 29.8 Å². The van der Waals surface area contributed by atoms with E-state index in [0.717, 1.165) is 61.8 Å². The molecule has 0 radical (unpaired) electrons. The van der Waals surface area contributed by atoms with E-state index in [1.165, 1.54) is 0 Å². The Hall–Kier alpha value is -1.63. The van der Waals surface area contributed by atoms with E-state index in [1.54, 1.807) is 11.3 Å². The van der Waals surface area contributed by atoms with Crippen molar-refractivity contribution in [2.75, 3.05) is 19.6 Å². The van der Waals surface area contributed by atoms with Gasteiger partial charge < -0.3 is 9.64 Å². The molecule has 0 N–H and O–H groups in total. The second-order valence-corrected chi connectivity index (χ2v) is 8.86. The monoisotopic (exact) mass is 419 g/mol. The predicted octanol–water partition coefficient (Wildman–Crippen LogP) is 4.52. The van der Waals surface area contributed by atoms with Crippen molar-refractivity contribution in [3.05, 3.63) is 45.4 Å². The van der Waals surface area contributed by atoms with Crippen LogP contribution in [0.5, 0.6) is 5.75 Å². The standard InChI is InChI=1S/C21H26ClN3O2S/c1-2-17-14-24(13-15-5-6-16(22)12-19(15)27-17)10-7-20(26)25-9-3-4-18(25)21-23-8-11-28-21/h5-6,8,11-12,17-18H,2-4,7,9-10,13-14H2,1H3/t17-,18+/m1/s1. The molecule has 1 aromatic carbocycles. The molecule has 0 saturated carbocycles. The first-order chi connectivity index (χ1) is 13.6. The molecule has 2 atom stereocenters. The minimum atomic E-state index is 0.115. The molecule has 7 heteroatoms. The summed E-state index contributed by atoms with van der Waals surface area (Å²) in [4.78, 5) is 21.7. The lowest BCUT2D eigenvalue weighted by Gasteiger charge is -2.26. The van der Waals surface area contributed by atoms with Crippen LogP contribution >= 0.6 is 22.9 Å². The minimum absolute atomic E-state index is 0.115. The van der Waals surface area contributed by atoms with Crippen molar-refractivity contribution in [1.82, 2.24) is 14.8 Å². The van der Waals surface area contributed by atoms with Crippen molar-refractivity contribution < 1.29 is 9.53 Å². The highest BCUT2D eigenvalue weighted by molar-refractivity contribution is 7.09. The number of carbonyl (C=O) groups is 1. The number of nitrogens with zero attached hydrogens (tertiary/aromatic N) is 3. The van der Waals surface area contributed by atoms with Gasteiger partial charge in [-0.25, -0.2) is 4.98 Å². The maximum atomic E-state index is 12.9. The van der Waals surface area contributed by atoms with Crippen LogP contribution in [-0.2, 0) is 11.3 Å². The first-order valence-electron chi connectivity index (χ1n) is 10.0. The van der Waals surface area contributed by atoms with Crippen LogP contribution in [0.2, 0.25) is 5.02 Å². The summed E-state index contributed by atoms with van der Waals surface area (Å²) in [6.07, 6.45) is 5.47. The highest BCUT2D eigenvalue weighted by atomic mass is 35.5. The lowest BCUT2D eigenvalue weighted by Crippen LogP contribution is -2.37. The quantitative estimate of drug-likeness (QED) is 0.714. The Morgan fingerprint density at radius 3 is 3.11 bits per heavy atom. The van der Waals surface area contributed by atoms with Gasteiger partial charge in [0.1, 0.15) is 16.9 Å². The largest absolute Gasteiger partial charge is 0.489 e. The van der Waals surface area contributed by atoms with Crippen LogP contribution < -0.4 is 4.74 Å². The number of thiazole rings is 1. The average molecular weight is 420 g/mol. The number of carbonyl (C=O) groups excluding carboxylic acids is 1. The van der Waals surface area contributed by atoms with Crippen LogP contribution in [0.25, 0.3) is 0 Å². The molecule has 4 rings (SSSR count). The molecule has 0 unspecified atom stereocenters. The molecule has 2 aliphatic rings. The first-order valence-corrected chi connectivity index (χ1v) is 11.3. The summed E-state index contributed by atoms with van der Waals surface area (Å²) in [5, 5.41) is 3.74. The summed E-state index contributed by atoms with van der Waals surface area (Å²) < 4.78 is 6.16. The summed E-state index contributed by atoms with van der Waals surface area (Å²) in [5.41, 5.74) is 1.13. The van der Waals surface area contributed by atoms with Gasteiger partial charge >= 0.3 is 0 Å². The van der Waals surface area contributed by atoms with Crippen molar-refractivity contribution in [2.45, 2.75) is 51.3 Å². The number of hydrogen-bond donors (Lipinski definition) is 0. The number of likely N-dealkylation sites (tertiary alicyclic amines) is 1. The molecule has 1 aromatic heterocycles. The Kier molecular flexibility index (Phi) is 6.19. The second-order valence-electron chi connectivity index (χ2n) is 7.50. The zero-order valence-electron chi connectivity index (χ0n) is 16.1. The summed E-state index contributed by atoms with van der Waals surface area (Å²) >= 11 is 7.78. The number of rotatable bonds is 5. The van der Waals surface area contributed by atoms with E-state index < -0.39 is 0 Å². The number of fused-ring (bicyclic) bond motifs is 1. The molecule has 150 valence electrons. The SMILES string of the molecule is CC[C@@H]1CN(CCC(=O)N2CCC[C@H]2c2nccs2)Cc2ccc(Cl)cc2O1. The zero-order chi connectivity index (χ0) is 19.5. The van der Waals surface area contributed by atoms with E-state index in [0.29, 0.717) is 11.4 Å². The topological polar surface area (TPSA) is 45.7 Å². The molecule has 1 saturated heterocycles. The van der Waals surface area contributed by atoms with Gasteiger partial charge in [0.2, 0.25) is 5.91 Å². The fraction of sp³-hybridized carbons (Fsp3) is 0.524. The molecule has 0 bridgehead atoms. The van der Waals surface area contributed by atoms with Gasteiger partial charge in [-0.15, -0.1) is 11.3 Å². The van der Waals surface area contributed by atoms with Gasteiger partial charge in [0, 0.05) is 54.8 Å². The Bertz CT molecular complexity index is 814.